The minimum Gasteiger partial charge on any atom is -0.484 e. The van der Waals surface area contributed by atoms with Gasteiger partial charge in [-0.25, -0.2) is 8.78 Å². The zero-order chi connectivity index (χ0) is 16.9. The number of aliphatic hydroxyl groups excluding tert-OH is 1. The molecule has 0 spiro atoms. The second-order valence-corrected chi connectivity index (χ2v) is 7.54. The van der Waals surface area contributed by atoms with Gasteiger partial charge in [-0.05, 0) is 12.1 Å². The standard InChI is InChI=1S/C12H5BF4O3S3/c14-7(11(16)13(19)20)3-1-5-9(22-3)10-6(21-5)2-4(23-10)8(15)12(17)18/h1-2,18-20H/b11-7+,12-8-. The Bertz CT molecular complexity index is 965. The van der Waals surface area contributed by atoms with Gasteiger partial charge in [-0.2, -0.15) is 8.78 Å². The minimum absolute atomic E-state index is 0.115. The lowest BCUT2D eigenvalue weighted by Crippen LogP contribution is -2.12. The van der Waals surface area contributed by atoms with E-state index in [0.29, 0.717) is 18.8 Å². The molecule has 23 heavy (non-hydrogen) atoms. The van der Waals surface area contributed by atoms with Crippen molar-refractivity contribution in [3.63, 3.8) is 0 Å². The summed E-state index contributed by atoms with van der Waals surface area (Å²) in [5.74, 6) is -2.77. The van der Waals surface area contributed by atoms with E-state index in [4.69, 9.17) is 15.2 Å². The van der Waals surface area contributed by atoms with Gasteiger partial charge in [0.25, 0.3) is 0 Å². The van der Waals surface area contributed by atoms with E-state index in [9.17, 15) is 17.6 Å². The van der Waals surface area contributed by atoms with Crippen LogP contribution in [0.2, 0.25) is 0 Å². The highest BCUT2D eigenvalue weighted by Gasteiger charge is 2.24. The number of rotatable bonds is 3. The average molecular weight is 380 g/mol. The Hall–Kier alpha value is -1.40. The Morgan fingerprint density at radius 2 is 1.30 bits per heavy atom. The summed E-state index contributed by atoms with van der Waals surface area (Å²) >= 11 is 2.88. The first kappa shape index (κ1) is 16.5. The maximum atomic E-state index is 13.8. The molecular weight excluding hydrogens is 375 g/mol. The predicted octanol–water partition coefficient (Wildman–Crippen LogP) is 4.92. The van der Waals surface area contributed by atoms with Crippen molar-refractivity contribution in [3.8, 4) is 0 Å². The number of aliphatic hydroxyl groups is 1. The zero-order valence-corrected chi connectivity index (χ0v) is 13.3. The third-order valence-electron chi connectivity index (χ3n) is 2.87. The molecule has 11 heteroatoms. The molecule has 0 aliphatic heterocycles. The number of halogens is 4. The Balaban J connectivity index is 2.15. The molecule has 3 rings (SSSR count). The molecule has 0 saturated carbocycles. The summed E-state index contributed by atoms with van der Waals surface area (Å²) in [4.78, 5) is -0.255. The van der Waals surface area contributed by atoms with E-state index in [1.807, 2.05) is 0 Å². The molecule has 3 heterocycles. The minimum atomic E-state index is -2.55. The first-order valence-corrected chi connectivity index (χ1v) is 8.36. The first-order chi connectivity index (χ1) is 10.8. The number of thiophene rings is 3. The van der Waals surface area contributed by atoms with Gasteiger partial charge in [-0.3, -0.25) is 0 Å². The molecule has 3 aromatic rings. The van der Waals surface area contributed by atoms with Crippen molar-refractivity contribution in [1.82, 2.24) is 0 Å². The van der Waals surface area contributed by atoms with E-state index in [1.165, 1.54) is 12.1 Å². The third-order valence-corrected chi connectivity index (χ3v) is 6.63. The summed E-state index contributed by atoms with van der Waals surface area (Å²) in [5.41, 5.74) is -1.70. The largest absolute Gasteiger partial charge is 0.522 e. The lowest BCUT2D eigenvalue weighted by Gasteiger charge is -1.96. The highest BCUT2D eigenvalue weighted by molar-refractivity contribution is 7.39. The molecule has 0 bridgehead atoms. The lowest BCUT2D eigenvalue weighted by atomic mass is 9.89. The van der Waals surface area contributed by atoms with Crippen molar-refractivity contribution in [2.75, 3.05) is 0 Å². The van der Waals surface area contributed by atoms with Gasteiger partial charge in [0, 0.05) is 9.40 Å². The molecule has 0 aliphatic rings. The van der Waals surface area contributed by atoms with Crippen LogP contribution in [-0.4, -0.2) is 22.3 Å². The van der Waals surface area contributed by atoms with Crippen LogP contribution in [-0.2, 0) is 0 Å². The van der Waals surface area contributed by atoms with Gasteiger partial charge in [0.1, 0.15) is 0 Å². The van der Waals surface area contributed by atoms with Crippen LogP contribution in [0.15, 0.2) is 23.9 Å². The van der Waals surface area contributed by atoms with E-state index in [-0.39, 0.29) is 9.75 Å². The Kier molecular flexibility index (Phi) is 4.23. The first-order valence-electron chi connectivity index (χ1n) is 5.91. The molecule has 0 unspecified atom stereocenters. The molecule has 0 fully saturated rings. The molecule has 3 aromatic heterocycles. The highest BCUT2D eigenvalue weighted by Crippen LogP contribution is 2.47. The van der Waals surface area contributed by atoms with E-state index < -0.39 is 30.5 Å². The van der Waals surface area contributed by atoms with Gasteiger partial charge in [0.2, 0.25) is 5.83 Å². The van der Waals surface area contributed by atoms with Crippen LogP contribution in [0.25, 0.3) is 30.5 Å². The molecule has 0 aliphatic carbocycles. The van der Waals surface area contributed by atoms with Gasteiger partial charge in [0.15, 0.2) is 11.6 Å². The van der Waals surface area contributed by atoms with Crippen LogP contribution in [0.4, 0.5) is 17.6 Å². The predicted molar refractivity (Wildman–Crippen MR) is 86.2 cm³/mol. The topological polar surface area (TPSA) is 60.7 Å². The second kappa shape index (κ2) is 5.91. The second-order valence-electron chi connectivity index (χ2n) is 4.35. The Morgan fingerprint density at radius 3 is 1.74 bits per heavy atom. The van der Waals surface area contributed by atoms with E-state index >= 15 is 0 Å². The fourth-order valence-corrected chi connectivity index (χ4v) is 5.77. The molecule has 0 saturated heterocycles. The molecular formula is C12H5BF4O3S3. The average Bonchev–Trinajstić information content (AvgIpc) is 3.14. The summed E-state index contributed by atoms with van der Waals surface area (Å²) in [5, 5.41) is 25.9. The molecule has 3 N–H and O–H groups in total. The van der Waals surface area contributed by atoms with Gasteiger partial charge >= 0.3 is 13.1 Å². The quantitative estimate of drug-likeness (QED) is 0.343. The monoisotopic (exact) mass is 380 g/mol. The number of hydrogen-bond acceptors (Lipinski definition) is 6. The van der Waals surface area contributed by atoms with Crippen molar-refractivity contribution < 1.29 is 32.7 Å². The van der Waals surface area contributed by atoms with E-state index in [2.05, 4.69) is 0 Å². The van der Waals surface area contributed by atoms with Crippen LogP contribution in [0, 0.1) is 0 Å². The summed E-state index contributed by atoms with van der Waals surface area (Å²) in [6, 6.07) is 0.773. The molecule has 0 radical (unpaired) electrons. The zero-order valence-electron chi connectivity index (χ0n) is 10.8. The molecule has 0 aromatic carbocycles. The van der Waals surface area contributed by atoms with Gasteiger partial charge in [-0.15, -0.1) is 34.0 Å². The molecule has 0 atom stereocenters. The van der Waals surface area contributed by atoms with Crippen LogP contribution >= 0.6 is 34.0 Å². The molecule has 3 nitrogen and oxygen atoms in total. The van der Waals surface area contributed by atoms with Crippen LogP contribution in [0.1, 0.15) is 9.75 Å². The fourth-order valence-electron chi connectivity index (χ4n) is 1.88. The van der Waals surface area contributed by atoms with E-state index in [0.717, 1.165) is 34.0 Å². The summed E-state index contributed by atoms with van der Waals surface area (Å²) < 4.78 is 55.3. The van der Waals surface area contributed by atoms with Gasteiger partial charge in [0.05, 0.1) is 19.2 Å². The van der Waals surface area contributed by atoms with Crippen molar-refractivity contribution in [3.05, 3.63) is 33.6 Å². The molecule has 120 valence electrons. The normalized spacial score (nSPS) is 14.3. The number of fused-ring (bicyclic) bond motifs is 3. The highest BCUT2D eigenvalue weighted by atomic mass is 32.1. The maximum Gasteiger partial charge on any atom is 0.522 e. The van der Waals surface area contributed by atoms with Gasteiger partial charge in [-0.1, -0.05) is 0 Å². The van der Waals surface area contributed by atoms with Crippen LogP contribution < -0.4 is 0 Å². The van der Waals surface area contributed by atoms with Crippen molar-refractivity contribution in [2.24, 2.45) is 0 Å². The van der Waals surface area contributed by atoms with E-state index in [1.54, 1.807) is 0 Å². The smallest absolute Gasteiger partial charge is 0.484 e. The summed E-state index contributed by atoms with van der Waals surface area (Å²) in [6.45, 7) is 0. The third kappa shape index (κ3) is 2.79. The lowest BCUT2D eigenvalue weighted by molar-refractivity contribution is 0.278. The van der Waals surface area contributed by atoms with Gasteiger partial charge < -0.3 is 15.2 Å². The van der Waals surface area contributed by atoms with Crippen molar-refractivity contribution >= 4 is 71.6 Å². The number of hydrogen-bond donors (Lipinski definition) is 3. The summed E-state index contributed by atoms with van der Waals surface area (Å²) in [6.07, 6.45) is 0. The van der Waals surface area contributed by atoms with Crippen molar-refractivity contribution in [2.45, 2.75) is 0 Å². The summed E-state index contributed by atoms with van der Waals surface area (Å²) in [7, 11) is -2.55. The maximum absolute atomic E-state index is 13.8. The fraction of sp³-hybridized carbons (Fsp3) is 0. The molecule has 0 amide bonds. The van der Waals surface area contributed by atoms with Crippen molar-refractivity contribution in [1.29, 1.82) is 0 Å². The van der Waals surface area contributed by atoms with Crippen LogP contribution in [0.3, 0.4) is 0 Å². The van der Waals surface area contributed by atoms with Crippen LogP contribution in [0.5, 0.6) is 0 Å². The Labute approximate surface area is 138 Å². The SMILES string of the molecule is OB(O)/C(F)=C(\F)c1cc2sc3cc(/C(F)=C(/O)F)sc3c2s1. The Morgan fingerprint density at radius 1 is 0.826 bits per heavy atom.